The average Bonchev–Trinajstić information content (AvgIpc) is 3.12. The zero-order valence-electron chi connectivity index (χ0n) is 14.2. The lowest BCUT2D eigenvalue weighted by molar-refractivity contribution is 0.103. The fraction of sp³-hybridized carbons (Fsp3) is 0.333. The van der Waals surface area contributed by atoms with Crippen LogP contribution in [0.3, 0.4) is 0 Å². The standard InChI is InChI=1S/C21H23NO3/c23-19(14-25-20-7-8-21-17(12-20)9-10-24-21)13-22-18-6-5-15-3-1-2-4-16(15)11-18/h1-4,7-10,12,18-19,22-23H,5-6,11,13-14H2. The Bertz CT molecular complexity index is 842. The van der Waals surface area contributed by atoms with Crippen molar-refractivity contribution in [3.8, 4) is 5.75 Å². The number of aliphatic hydroxyl groups is 1. The minimum Gasteiger partial charge on any atom is -0.491 e. The molecule has 4 rings (SSSR count). The van der Waals surface area contributed by atoms with Gasteiger partial charge in [0.2, 0.25) is 0 Å². The zero-order valence-corrected chi connectivity index (χ0v) is 14.2. The van der Waals surface area contributed by atoms with Crippen molar-refractivity contribution in [3.63, 3.8) is 0 Å². The van der Waals surface area contributed by atoms with E-state index in [1.807, 2.05) is 24.3 Å². The Morgan fingerprint density at radius 1 is 1.16 bits per heavy atom. The van der Waals surface area contributed by atoms with E-state index in [0.29, 0.717) is 12.6 Å². The molecule has 0 saturated heterocycles. The van der Waals surface area contributed by atoms with Crippen LogP contribution in [0.15, 0.2) is 59.2 Å². The van der Waals surface area contributed by atoms with Gasteiger partial charge in [-0.05, 0) is 54.7 Å². The first-order valence-electron chi connectivity index (χ1n) is 8.86. The van der Waals surface area contributed by atoms with Crippen LogP contribution in [0.5, 0.6) is 5.75 Å². The summed E-state index contributed by atoms with van der Waals surface area (Å²) >= 11 is 0. The molecule has 1 aliphatic carbocycles. The van der Waals surface area contributed by atoms with E-state index in [9.17, 15) is 5.11 Å². The number of nitrogens with one attached hydrogen (secondary N) is 1. The molecule has 4 nitrogen and oxygen atoms in total. The van der Waals surface area contributed by atoms with E-state index in [4.69, 9.17) is 9.15 Å². The molecule has 1 aromatic heterocycles. The van der Waals surface area contributed by atoms with E-state index in [0.717, 1.165) is 36.0 Å². The predicted molar refractivity (Wildman–Crippen MR) is 98.0 cm³/mol. The van der Waals surface area contributed by atoms with Gasteiger partial charge in [-0.2, -0.15) is 0 Å². The number of fused-ring (bicyclic) bond motifs is 2. The highest BCUT2D eigenvalue weighted by Gasteiger charge is 2.18. The summed E-state index contributed by atoms with van der Waals surface area (Å²) in [6, 6.07) is 16.6. The molecular formula is C21H23NO3. The first-order chi connectivity index (χ1) is 12.3. The molecule has 4 heteroatoms. The minimum absolute atomic E-state index is 0.277. The van der Waals surface area contributed by atoms with Crippen LogP contribution in [-0.2, 0) is 12.8 Å². The SMILES string of the molecule is OC(CNC1CCc2ccccc2C1)COc1ccc2occc2c1. The third kappa shape index (κ3) is 3.86. The van der Waals surface area contributed by atoms with Gasteiger partial charge in [-0.1, -0.05) is 24.3 Å². The molecule has 2 unspecified atom stereocenters. The van der Waals surface area contributed by atoms with E-state index in [1.165, 1.54) is 11.1 Å². The van der Waals surface area contributed by atoms with Crippen LogP contribution in [0.2, 0.25) is 0 Å². The van der Waals surface area contributed by atoms with Crippen LogP contribution in [0.25, 0.3) is 11.0 Å². The largest absolute Gasteiger partial charge is 0.491 e. The Morgan fingerprint density at radius 2 is 2.04 bits per heavy atom. The summed E-state index contributed by atoms with van der Waals surface area (Å²) in [5.74, 6) is 0.750. The summed E-state index contributed by atoms with van der Waals surface area (Å²) < 4.78 is 11.0. The summed E-state index contributed by atoms with van der Waals surface area (Å²) in [5.41, 5.74) is 3.72. The Kier molecular flexibility index (Phi) is 4.72. The number of aryl methyl sites for hydroxylation is 1. The third-order valence-corrected chi connectivity index (χ3v) is 4.86. The number of hydrogen-bond donors (Lipinski definition) is 2. The minimum atomic E-state index is -0.530. The van der Waals surface area contributed by atoms with Gasteiger partial charge in [-0.25, -0.2) is 0 Å². The van der Waals surface area contributed by atoms with Gasteiger partial charge in [-0.3, -0.25) is 0 Å². The van der Waals surface area contributed by atoms with Crippen molar-refractivity contribution in [1.82, 2.24) is 5.32 Å². The molecule has 0 spiro atoms. The second-order valence-corrected chi connectivity index (χ2v) is 6.70. The van der Waals surface area contributed by atoms with Crippen molar-refractivity contribution in [3.05, 3.63) is 65.9 Å². The van der Waals surface area contributed by atoms with Crippen molar-refractivity contribution in [2.45, 2.75) is 31.4 Å². The maximum Gasteiger partial charge on any atom is 0.134 e. The van der Waals surface area contributed by atoms with Crippen LogP contribution in [0.4, 0.5) is 0 Å². The molecule has 2 aromatic carbocycles. The Labute approximate surface area is 147 Å². The highest BCUT2D eigenvalue weighted by molar-refractivity contribution is 5.78. The van der Waals surface area contributed by atoms with Gasteiger partial charge >= 0.3 is 0 Å². The van der Waals surface area contributed by atoms with Crippen LogP contribution >= 0.6 is 0 Å². The lowest BCUT2D eigenvalue weighted by Gasteiger charge is -2.26. The number of aliphatic hydroxyl groups excluding tert-OH is 1. The molecule has 1 aliphatic rings. The van der Waals surface area contributed by atoms with E-state index >= 15 is 0 Å². The molecule has 2 atom stereocenters. The lowest BCUT2D eigenvalue weighted by Crippen LogP contribution is -2.40. The van der Waals surface area contributed by atoms with Gasteiger partial charge in [0.15, 0.2) is 0 Å². The fourth-order valence-electron chi connectivity index (χ4n) is 3.46. The van der Waals surface area contributed by atoms with E-state index in [1.54, 1.807) is 6.26 Å². The molecule has 0 fully saturated rings. The third-order valence-electron chi connectivity index (χ3n) is 4.86. The van der Waals surface area contributed by atoms with Crippen LogP contribution in [-0.4, -0.2) is 30.4 Å². The number of ether oxygens (including phenoxy) is 1. The molecule has 130 valence electrons. The van der Waals surface area contributed by atoms with Crippen molar-refractivity contribution < 1.29 is 14.3 Å². The second-order valence-electron chi connectivity index (χ2n) is 6.70. The van der Waals surface area contributed by atoms with Crippen molar-refractivity contribution in [2.75, 3.05) is 13.2 Å². The molecule has 0 aliphatic heterocycles. The molecule has 25 heavy (non-hydrogen) atoms. The Morgan fingerprint density at radius 3 is 2.96 bits per heavy atom. The Hall–Kier alpha value is -2.30. The van der Waals surface area contributed by atoms with Gasteiger partial charge in [0.25, 0.3) is 0 Å². The molecule has 3 aromatic rings. The monoisotopic (exact) mass is 337 g/mol. The van der Waals surface area contributed by atoms with E-state index in [-0.39, 0.29) is 6.61 Å². The quantitative estimate of drug-likeness (QED) is 0.724. The number of hydrogen-bond acceptors (Lipinski definition) is 4. The molecule has 1 heterocycles. The van der Waals surface area contributed by atoms with Crippen molar-refractivity contribution in [2.24, 2.45) is 0 Å². The number of benzene rings is 2. The highest BCUT2D eigenvalue weighted by Crippen LogP contribution is 2.22. The first kappa shape index (κ1) is 16.2. The molecular weight excluding hydrogens is 314 g/mol. The summed E-state index contributed by atoms with van der Waals surface area (Å²) in [7, 11) is 0. The first-order valence-corrected chi connectivity index (χ1v) is 8.86. The van der Waals surface area contributed by atoms with Crippen molar-refractivity contribution in [1.29, 1.82) is 0 Å². The van der Waals surface area contributed by atoms with Gasteiger partial charge < -0.3 is 19.6 Å². The van der Waals surface area contributed by atoms with Gasteiger partial charge in [0.05, 0.1) is 6.26 Å². The second kappa shape index (κ2) is 7.30. The summed E-state index contributed by atoms with van der Waals surface area (Å²) in [5, 5.41) is 14.7. The van der Waals surface area contributed by atoms with Gasteiger partial charge in [-0.15, -0.1) is 0 Å². The molecule has 0 saturated carbocycles. The number of furan rings is 1. The predicted octanol–water partition coefficient (Wildman–Crippen LogP) is 3.32. The molecule has 0 radical (unpaired) electrons. The normalized spacial score (nSPS) is 18.0. The fourth-order valence-corrected chi connectivity index (χ4v) is 3.46. The molecule has 0 amide bonds. The summed E-state index contributed by atoms with van der Waals surface area (Å²) in [6.45, 7) is 0.820. The number of rotatable bonds is 6. The molecule has 2 N–H and O–H groups in total. The highest BCUT2D eigenvalue weighted by atomic mass is 16.5. The maximum absolute atomic E-state index is 10.2. The molecule has 0 bridgehead atoms. The topological polar surface area (TPSA) is 54.6 Å². The van der Waals surface area contributed by atoms with Gasteiger partial charge in [0, 0.05) is 18.0 Å². The average molecular weight is 337 g/mol. The maximum atomic E-state index is 10.2. The van der Waals surface area contributed by atoms with Gasteiger partial charge in [0.1, 0.15) is 24.0 Å². The summed E-state index contributed by atoms with van der Waals surface area (Å²) in [6.07, 6.45) is 4.38. The van der Waals surface area contributed by atoms with Crippen LogP contribution in [0.1, 0.15) is 17.5 Å². The van der Waals surface area contributed by atoms with Crippen molar-refractivity contribution >= 4 is 11.0 Å². The summed E-state index contributed by atoms with van der Waals surface area (Å²) in [4.78, 5) is 0. The van der Waals surface area contributed by atoms with E-state index in [2.05, 4.69) is 29.6 Å². The smallest absolute Gasteiger partial charge is 0.134 e. The van der Waals surface area contributed by atoms with Crippen LogP contribution in [0, 0.1) is 0 Å². The Balaban J connectivity index is 1.24. The van der Waals surface area contributed by atoms with Crippen LogP contribution < -0.4 is 10.1 Å². The zero-order chi connectivity index (χ0) is 17.1. The lowest BCUT2D eigenvalue weighted by atomic mass is 9.88. The van der Waals surface area contributed by atoms with E-state index < -0.39 is 6.10 Å².